The van der Waals surface area contributed by atoms with Crippen molar-refractivity contribution in [2.45, 2.75) is 24.5 Å². The molecule has 2 rings (SSSR count). The lowest BCUT2D eigenvalue weighted by molar-refractivity contribution is -0.116. The molecule has 0 aromatic carbocycles. The molecule has 2 aliphatic heterocycles. The van der Waals surface area contributed by atoms with Crippen LogP contribution in [0.1, 0.15) is 19.3 Å². The Hall–Kier alpha value is -0.0200. The SMILES string of the molecule is O=C1CCN(CC2CCCS2)C1. The maximum atomic E-state index is 11.0. The van der Waals surface area contributed by atoms with Gasteiger partial charge in [-0.25, -0.2) is 0 Å². The zero-order valence-corrected chi connectivity index (χ0v) is 8.11. The zero-order chi connectivity index (χ0) is 8.39. The minimum atomic E-state index is 0.429. The molecule has 0 N–H and O–H groups in total. The van der Waals surface area contributed by atoms with E-state index in [1.807, 2.05) is 0 Å². The molecular weight excluding hydrogens is 170 g/mol. The average Bonchev–Trinajstić information content (AvgIpc) is 2.63. The summed E-state index contributed by atoms with van der Waals surface area (Å²) in [7, 11) is 0. The van der Waals surface area contributed by atoms with Crippen LogP contribution in [0.2, 0.25) is 0 Å². The van der Waals surface area contributed by atoms with E-state index < -0.39 is 0 Å². The van der Waals surface area contributed by atoms with Crippen molar-refractivity contribution in [2.24, 2.45) is 0 Å². The summed E-state index contributed by atoms with van der Waals surface area (Å²) in [4.78, 5) is 13.3. The third-order valence-electron chi connectivity index (χ3n) is 2.59. The Morgan fingerprint density at radius 1 is 1.58 bits per heavy atom. The number of nitrogens with zero attached hydrogens (tertiary/aromatic N) is 1. The normalized spacial score (nSPS) is 31.7. The second-order valence-corrected chi connectivity index (χ2v) is 5.07. The topological polar surface area (TPSA) is 20.3 Å². The number of carbonyl (C=O) groups is 1. The minimum absolute atomic E-state index is 0.429. The fourth-order valence-electron chi connectivity index (χ4n) is 1.92. The summed E-state index contributed by atoms with van der Waals surface area (Å²) in [6.45, 7) is 2.88. The fraction of sp³-hybridized carbons (Fsp3) is 0.889. The highest BCUT2D eigenvalue weighted by atomic mass is 32.2. The number of rotatable bonds is 2. The Balaban J connectivity index is 1.75. The van der Waals surface area contributed by atoms with Crippen molar-refractivity contribution in [3.63, 3.8) is 0 Å². The smallest absolute Gasteiger partial charge is 0.148 e. The van der Waals surface area contributed by atoms with E-state index in [0.717, 1.165) is 31.3 Å². The van der Waals surface area contributed by atoms with E-state index in [2.05, 4.69) is 16.7 Å². The van der Waals surface area contributed by atoms with Gasteiger partial charge in [-0.05, 0) is 18.6 Å². The van der Waals surface area contributed by atoms with E-state index in [4.69, 9.17) is 0 Å². The Morgan fingerprint density at radius 2 is 2.50 bits per heavy atom. The largest absolute Gasteiger partial charge is 0.298 e. The summed E-state index contributed by atoms with van der Waals surface area (Å²) >= 11 is 2.08. The molecule has 0 spiro atoms. The first-order valence-corrected chi connectivity index (χ1v) is 5.75. The standard InChI is InChI=1S/C9H15NOS/c11-8-3-4-10(6-8)7-9-2-1-5-12-9/h9H,1-7H2. The van der Waals surface area contributed by atoms with E-state index in [9.17, 15) is 4.79 Å². The van der Waals surface area contributed by atoms with Crippen LogP contribution < -0.4 is 0 Å². The molecule has 0 aliphatic carbocycles. The first-order valence-electron chi connectivity index (χ1n) is 4.70. The molecule has 68 valence electrons. The lowest BCUT2D eigenvalue weighted by Gasteiger charge is -2.17. The van der Waals surface area contributed by atoms with Crippen LogP contribution in [0.3, 0.4) is 0 Å². The number of hydrogen-bond donors (Lipinski definition) is 0. The Bertz CT molecular complexity index is 177. The van der Waals surface area contributed by atoms with Gasteiger partial charge in [0, 0.05) is 24.8 Å². The van der Waals surface area contributed by atoms with E-state index >= 15 is 0 Å². The van der Waals surface area contributed by atoms with E-state index in [-0.39, 0.29) is 0 Å². The third kappa shape index (κ3) is 2.02. The molecule has 0 saturated carbocycles. The van der Waals surface area contributed by atoms with Gasteiger partial charge in [-0.15, -0.1) is 0 Å². The fourth-order valence-corrected chi connectivity index (χ4v) is 3.24. The molecule has 2 fully saturated rings. The average molecular weight is 185 g/mol. The van der Waals surface area contributed by atoms with Gasteiger partial charge in [0.15, 0.2) is 0 Å². The van der Waals surface area contributed by atoms with Gasteiger partial charge in [-0.2, -0.15) is 11.8 Å². The van der Waals surface area contributed by atoms with Gasteiger partial charge in [0.2, 0.25) is 0 Å². The quantitative estimate of drug-likeness (QED) is 0.644. The molecule has 1 atom stereocenters. The van der Waals surface area contributed by atoms with E-state index in [1.54, 1.807) is 0 Å². The molecule has 2 aliphatic rings. The highest BCUT2D eigenvalue weighted by Crippen LogP contribution is 2.27. The van der Waals surface area contributed by atoms with Crippen LogP contribution in [0.4, 0.5) is 0 Å². The number of thioether (sulfide) groups is 1. The van der Waals surface area contributed by atoms with Crippen molar-refractivity contribution in [1.82, 2.24) is 4.90 Å². The van der Waals surface area contributed by atoms with Gasteiger partial charge in [0.05, 0.1) is 6.54 Å². The number of ketones is 1. The molecule has 2 nitrogen and oxygen atoms in total. The predicted molar refractivity (Wildman–Crippen MR) is 51.5 cm³/mol. The van der Waals surface area contributed by atoms with Gasteiger partial charge < -0.3 is 0 Å². The van der Waals surface area contributed by atoms with E-state index in [0.29, 0.717) is 5.78 Å². The van der Waals surface area contributed by atoms with Crippen molar-refractivity contribution >= 4 is 17.5 Å². The zero-order valence-electron chi connectivity index (χ0n) is 7.29. The molecule has 0 aromatic heterocycles. The monoisotopic (exact) mass is 185 g/mol. The maximum Gasteiger partial charge on any atom is 0.148 e. The van der Waals surface area contributed by atoms with Crippen LogP contribution in [0.25, 0.3) is 0 Å². The summed E-state index contributed by atoms with van der Waals surface area (Å²) in [5, 5.41) is 0.816. The molecule has 0 radical (unpaired) electrons. The number of carbonyl (C=O) groups excluding carboxylic acids is 1. The number of hydrogen-bond acceptors (Lipinski definition) is 3. The van der Waals surface area contributed by atoms with Crippen molar-refractivity contribution in [1.29, 1.82) is 0 Å². The van der Waals surface area contributed by atoms with Crippen molar-refractivity contribution in [2.75, 3.05) is 25.4 Å². The van der Waals surface area contributed by atoms with Crippen LogP contribution in [-0.2, 0) is 4.79 Å². The van der Waals surface area contributed by atoms with Crippen molar-refractivity contribution in [3.05, 3.63) is 0 Å². The summed E-state index contributed by atoms with van der Waals surface area (Å²) in [5.74, 6) is 1.75. The third-order valence-corrected chi connectivity index (χ3v) is 3.97. The van der Waals surface area contributed by atoms with Gasteiger partial charge in [-0.1, -0.05) is 0 Å². The lowest BCUT2D eigenvalue weighted by atomic mass is 10.2. The molecule has 2 saturated heterocycles. The lowest BCUT2D eigenvalue weighted by Crippen LogP contribution is -2.27. The van der Waals surface area contributed by atoms with Crippen LogP contribution >= 0.6 is 11.8 Å². The second kappa shape index (κ2) is 3.79. The highest BCUT2D eigenvalue weighted by molar-refractivity contribution is 8.00. The molecular formula is C9H15NOS. The van der Waals surface area contributed by atoms with Gasteiger partial charge >= 0.3 is 0 Å². The second-order valence-electron chi connectivity index (χ2n) is 3.66. The molecule has 1 unspecified atom stereocenters. The maximum absolute atomic E-state index is 11.0. The first kappa shape index (κ1) is 8.57. The van der Waals surface area contributed by atoms with Gasteiger partial charge in [-0.3, -0.25) is 9.69 Å². The Morgan fingerprint density at radius 3 is 3.08 bits per heavy atom. The first-order chi connectivity index (χ1) is 5.84. The number of Topliss-reactive ketones (excluding diaryl/α,β-unsaturated/α-hetero) is 1. The summed E-state index contributed by atoms with van der Waals surface area (Å²) in [5.41, 5.74) is 0. The molecule has 12 heavy (non-hydrogen) atoms. The van der Waals surface area contributed by atoms with Gasteiger partial charge in [0.1, 0.15) is 5.78 Å². The predicted octanol–water partition coefficient (Wildman–Crippen LogP) is 1.16. The molecule has 2 heterocycles. The Labute approximate surface area is 77.7 Å². The number of likely N-dealkylation sites (tertiary alicyclic amines) is 1. The summed E-state index contributed by atoms with van der Waals surface area (Å²) in [6.07, 6.45) is 3.52. The van der Waals surface area contributed by atoms with Crippen molar-refractivity contribution in [3.8, 4) is 0 Å². The Kier molecular flexibility index (Phi) is 2.71. The molecule has 0 amide bonds. The molecule has 0 bridgehead atoms. The summed E-state index contributed by atoms with van der Waals surface area (Å²) < 4.78 is 0. The van der Waals surface area contributed by atoms with Crippen LogP contribution in [0.15, 0.2) is 0 Å². The van der Waals surface area contributed by atoms with Crippen LogP contribution in [-0.4, -0.2) is 41.3 Å². The summed E-state index contributed by atoms with van der Waals surface area (Å²) in [6, 6.07) is 0. The van der Waals surface area contributed by atoms with E-state index in [1.165, 1.54) is 18.6 Å². The minimum Gasteiger partial charge on any atom is -0.298 e. The highest BCUT2D eigenvalue weighted by Gasteiger charge is 2.24. The molecule has 0 aromatic rings. The van der Waals surface area contributed by atoms with Gasteiger partial charge in [0.25, 0.3) is 0 Å². The van der Waals surface area contributed by atoms with Crippen molar-refractivity contribution < 1.29 is 4.79 Å². The molecule has 3 heteroatoms. The van der Waals surface area contributed by atoms with Crippen LogP contribution in [0.5, 0.6) is 0 Å². The van der Waals surface area contributed by atoms with Crippen LogP contribution in [0, 0.1) is 0 Å².